The Balaban J connectivity index is 1.72. The number of carbonyl (C=O) groups excluding carboxylic acids is 2. The van der Waals surface area contributed by atoms with E-state index in [0.717, 1.165) is 4.31 Å². The van der Waals surface area contributed by atoms with Crippen molar-refractivity contribution in [1.29, 1.82) is 0 Å². The molecule has 12 heteroatoms. The van der Waals surface area contributed by atoms with E-state index in [9.17, 15) is 22.7 Å². The van der Waals surface area contributed by atoms with Crippen LogP contribution in [-0.2, 0) is 20.9 Å². The summed E-state index contributed by atoms with van der Waals surface area (Å²) in [6, 6.07) is 11.4. The van der Waals surface area contributed by atoms with E-state index in [1.165, 1.54) is 43.0 Å². The molecule has 3 aromatic rings. The number of nitrogens with zero attached hydrogens (tertiary/aromatic N) is 4. The fraction of sp³-hybridized carbons (Fsp3) is 0.250. The molecule has 4 rings (SSSR count). The molecule has 0 aliphatic carbocycles. The largest absolute Gasteiger partial charge is 0.755 e. The third-order valence-corrected chi connectivity index (χ3v) is 6.67. The van der Waals surface area contributed by atoms with Crippen LogP contribution in [0.1, 0.15) is 29.5 Å². The minimum Gasteiger partial charge on any atom is -0.755 e. The van der Waals surface area contributed by atoms with E-state index in [1.54, 1.807) is 38.2 Å². The van der Waals surface area contributed by atoms with Gasteiger partial charge in [-0.2, -0.15) is 0 Å². The Bertz CT molecular complexity index is 1350. The average molecular weight is 513 g/mol. The lowest BCUT2D eigenvalue weighted by Gasteiger charge is -2.31. The van der Waals surface area contributed by atoms with Crippen molar-refractivity contribution < 1.29 is 27.3 Å². The van der Waals surface area contributed by atoms with Crippen molar-refractivity contribution >= 4 is 40.2 Å². The van der Waals surface area contributed by atoms with Crippen LogP contribution in [0.5, 0.6) is 0 Å². The SMILES string of the molecule is Cc1noc(C)c1N(C(C)C(=O)NC1N=C(c2ccc(F)cc2)c2ccccc2N(C)C1=O)S(=O)[O-]. The van der Waals surface area contributed by atoms with Gasteiger partial charge in [0.25, 0.3) is 5.91 Å². The zero-order valence-corrected chi connectivity index (χ0v) is 20.7. The summed E-state index contributed by atoms with van der Waals surface area (Å²) in [6.45, 7) is 4.46. The lowest BCUT2D eigenvalue weighted by molar-refractivity contribution is -0.127. The zero-order chi connectivity index (χ0) is 26.1. The normalized spacial score (nSPS) is 17.1. The maximum atomic E-state index is 13.6. The number of hydrogen-bond donors (Lipinski definition) is 1. The molecule has 0 fully saturated rings. The third kappa shape index (κ3) is 4.64. The third-order valence-electron chi connectivity index (χ3n) is 5.85. The first-order valence-electron chi connectivity index (χ1n) is 10.9. The summed E-state index contributed by atoms with van der Waals surface area (Å²) in [6.07, 6.45) is -1.37. The number of likely N-dealkylation sites (N-methyl/N-ethyl adjacent to an activating group) is 1. The van der Waals surface area contributed by atoms with Crippen LogP contribution in [-0.4, -0.2) is 50.7 Å². The minimum atomic E-state index is -2.85. The fourth-order valence-corrected chi connectivity index (χ4v) is 4.77. The van der Waals surface area contributed by atoms with Gasteiger partial charge in [0.05, 0.1) is 11.4 Å². The molecule has 1 aliphatic rings. The van der Waals surface area contributed by atoms with Crippen molar-refractivity contribution in [2.24, 2.45) is 4.99 Å². The van der Waals surface area contributed by atoms with Crippen LogP contribution in [0, 0.1) is 19.7 Å². The van der Waals surface area contributed by atoms with Crippen molar-refractivity contribution in [2.45, 2.75) is 33.0 Å². The van der Waals surface area contributed by atoms with E-state index in [-0.39, 0.29) is 17.1 Å². The van der Waals surface area contributed by atoms with Crippen molar-refractivity contribution in [3.63, 3.8) is 0 Å². The number of hydrogen-bond acceptors (Lipinski definition) is 7. The van der Waals surface area contributed by atoms with Gasteiger partial charge < -0.3 is 19.3 Å². The number of nitrogens with one attached hydrogen (secondary N) is 1. The predicted molar refractivity (Wildman–Crippen MR) is 131 cm³/mol. The number of aromatic nitrogens is 1. The number of rotatable bonds is 6. The van der Waals surface area contributed by atoms with Gasteiger partial charge in [0.1, 0.15) is 23.2 Å². The smallest absolute Gasteiger partial charge is 0.272 e. The number of benzene rings is 2. The molecule has 2 heterocycles. The maximum Gasteiger partial charge on any atom is 0.272 e. The first kappa shape index (κ1) is 25.2. The number of carbonyl (C=O) groups is 2. The summed E-state index contributed by atoms with van der Waals surface area (Å²) in [5.74, 6) is -1.52. The number of anilines is 2. The molecule has 2 aromatic carbocycles. The summed E-state index contributed by atoms with van der Waals surface area (Å²) in [7, 11) is 1.55. The highest BCUT2D eigenvalue weighted by Gasteiger charge is 2.34. The number of halogens is 1. The molecule has 0 saturated carbocycles. The van der Waals surface area contributed by atoms with Crippen LogP contribution >= 0.6 is 0 Å². The van der Waals surface area contributed by atoms with Gasteiger partial charge >= 0.3 is 0 Å². The Morgan fingerprint density at radius 1 is 1.22 bits per heavy atom. The molecule has 0 saturated heterocycles. The molecule has 0 radical (unpaired) electrons. The van der Waals surface area contributed by atoms with Gasteiger partial charge in [-0.25, -0.2) is 9.38 Å². The molecule has 1 N–H and O–H groups in total. The highest BCUT2D eigenvalue weighted by atomic mass is 32.2. The summed E-state index contributed by atoms with van der Waals surface area (Å²) in [4.78, 5) is 32.5. The summed E-state index contributed by atoms with van der Waals surface area (Å²) in [5.41, 5.74) is 2.50. The zero-order valence-electron chi connectivity index (χ0n) is 19.9. The molecular weight excluding hydrogens is 489 g/mol. The highest BCUT2D eigenvalue weighted by molar-refractivity contribution is 7.80. The van der Waals surface area contributed by atoms with Crippen molar-refractivity contribution in [3.8, 4) is 0 Å². The molecular formula is C24H23FN5O5S-. The van der Waals surface area contributed by atoms with E-state index >= 15 is 0 Å². The van der Waals surface area contributed by atoms with Crippen LogP contribution in [0.25, 0.3) is 0 Å². The Kier molecular flexibility index (Phi) is 7.00. The lowest BCUT2D eigenvalue weighted by atomic mass is 10.0. The number of para-hydroxylation sites is 1. The lowest BCUT2D eigenvalue weighted by Crippen LogP contribution is -2.53. The standard InChI is InChI=1S/C24H24FN5O5S/c1-13-21(15(3)35-28-13)30(36(33)34)14(2)23(31)27-22-24(32)29(4)19-8-6-5-7-18(19)20(26-22)16-9-11-17(25)12-10-16/h5-12,14,22H,1-4H3,(H,27,31)(H,33,34)/p-1. The maximum absolute atomic E-state index is 13.6. The second-order valence-electron chi connectivity index (χ2n) is 8.20. The quantitative estimate of drug-likeness (QED) is 0.505. The topological polar surface area (TPSA) is 131 Å². The Labute approximate surface area is 209 Å². The van der Waals surface area contributed by atoms with Crippen LogP contribution in [0.15, 0.2) is 58.0 Å². The molecule has 3 unspecified atom stereocenters. The summed E-state index contributed by atoms with van der Waals surface area (Å²) in [5, 5.41) is 6.32. The monoisotopic (exact) mass is 512 g/mol. The molecule has 0 bridgehead atoms. The summed E-state index contributed by atoms with van der Waals surface area (Å²) < 4.78 is 43.6. The van der Waals surface area contributed by atoms with Gasteiger partial charge in [-0.3, -0.25) is 18.1 Å². The highest BCUT2D eigenvalue weighted by Crippen LogP contribution is 2.29. The van der Waals surface area contributed by atoms with E-state index in [0.29, 0.717) is 22.5 Å². The molecule has 36 heavy (non-hydrogen) atoms. The average Bonchev–Trinajstić information content (AvgIpc) is 3.14. The molecule has 1 aliphatic heterocycles. The number of aliphatic imine (C=N–C) groups is 1. The van der Waals surface area contributed by atoms with Gasteiger partial charge in [0, 0.05) is 29.4 Å². The van der Waals surface area contributed by atoms with E-state index < -0.39 is 41.1 Å². The Morgan fingerprint density at radius 2 is 1.89 bits per heavy atom. The number of amides is 2. The second kappa shape index (κ2) is 9.99. The summed E-state index contributed by atoms with van der Waals surface area (Å²) >= 11 is -2.85. The molecule has 2 amide bonds. The number of fused-ring (bicyclic) bond motifs is 1. The fourth-order valence-electron chi connectivity index (χ4n) is 4.01. The van der Waals surface area contributed by atoms with E-state index in [1.807, 2.05) is 0 Å². The Morgan fingerprint density at radius 3 is 2.50 bits per heavy atom. The van der Waals surface area contributed by atoms with Crippen LogP contribution in [0.4, 0.5) is 15.8 Å². The number of aryl methyl sites for hydroxylation is 2. The minimum absolute atomic E-state index is 0.137. The second-order valence-corrected chi connectivity index (χ2v) is 9.03. The predicted octanol–water partition coefficient (Wildman–Crippen LogP) is 2.38. The molecule has 0 spiro atoms. The molecule has 1 aromatic heterocycles. The first-order chi connectivity index (χ1) is 17.1. The molecule has 3 atom stereocenters. The Hall–Kier alpha value is -3.90. The van der Waals surface area contributed by atoms with Crippen LogP contribution in [0.3, 0.4) is 0 Å². The van der Waals surface area contributed by atoms with Gasteiger partial charge in [-0.1, -0.05) is 23.4 Å². The van der Waals surface area contributed by atoms with E-state index in [2.05, 4.69) is 15.5 Å². The molecule has 10 nitrogen and oxygen atoms in total. The molecule has 188 valence electrons. The van der Waals surface area contributed by atoms with Gasteiger partial charge in [-0.05, 0) is 51.1 Å². The first-order valence-corrected chi connectivity index (χ1v) is 12.0. The van der Waals surface area contributed by atoms with Crippen LogP contribution in [0.2, 0.25) is 0 Å². The van der Waals surface area contributed by atoms with Gasteiger partial charge in [0.15, 0.2) is 5.76 Å². The van der Waals surface area contributed by atoms with E-state index in [4.69, 9.17) is 4.52 Å². The van der Waals surface area contributed by atoms with Crippen molar-refractivity contribution in [3.05, 3.63) is 76.9 Å². The van der Waals surface area contributed by atoms with Crippen LogP contribution < -0.4 is 14.5 Å². The number of benzodiazepines with no additional fused rings is 1. The van der Waals surface area contributed by atoms with Gasteiger partial charge in [0.2, 0.25) is 12.1 Å². The van der Waals surface area contributed by atoms with Crippen molar-refractivity contribution in [2.75, 3.05) is 16.3 Å². The van der Waals surface area contributed by atoms with Crippen molar-refractivity contribution in [1.82, 2.24) is 10.5 Å². The van der Waals surface area contributed by atoms with Gasteiger partial charge in [-0.15, -0.1) is 0 Å².